The summed E-state index contributed by atoms with van der Waals surface area (Å²) in [5, 5.41) is 21.6. The lowest BCUT2D eigenvalue weighted by Gasteiger charge is -2.14. The number of thiophene rings is 1. The number of rotatable bonds is 7. The molecule has 1 amide bonds. The molecule has 2 aromatic heterocycles. The Morgan fingerprint density at radius 3 is 3.10 bits per heavy atom. The third-order valence-electron chi connectivity index (χ3n) is 2.97. The van der Waals surface area contributed by atoms with Gasteiger partial charge in [0.1, 0.15) is 0 Å². The number of hydrogen-bond acceptors (Lipinski definition) is 5. The van der Waals surface area contributed by atoms with Gasteiger partial charge in [-0.2, -0.15) is 0 Å². The molecule has 2 aromatic rings. The van der Waals surface area contributed by atoms with Crippen LogP contribution >= 0.6 is 11.3 Å². The Hall–Kier alpha value is -1.73. The van der Waals surface area contributed by atoms with E-state index in [4.69, 9.17) is 5.11 Å². The molecule has 20 heavy (non-hydrogen) atoms. The molecule has 6 nitrogen and oxygen atoms in total. The lowest BCUT2D eigenvalue weighted by atomic mass is 10.1. The van der Waals surface area contributed by atoms with E-state index in [-0.39, 0.29) is 18.6 Å². The standard InChI is InChI=1S/C13H18N4O2S/c1-2-10(5-6-18)14-13(19)12-9-17(16-15-12)8-11-4-3-7-20-11/h3-4,7,9-10,18H,2,5-6,8H2,1H3,(H,14,19). The number of aliphatic hydroxyl groups is 1. The number of carbonyl (C=O) groups is 1. The lowest BCUT2D eigenvalue weighted by Crippen LogP contribution is -2.35. The topological polar surface area (TPSA) is 80.0 Å². The number of carbonyl (C=O) groups excluding carboxylic acids is 1. The molecule has 108 valence electrons. The van der Waals surface area contributed by atoms with E-state index in [0.717, 1.165) is 11.3 Å². The van der Waals surface area contributed by atoms with Crippen molar-refractivity contribution >= 4 is 17.2 Å². The molecule has 2 rings (SSSR count). The molecule has 0 aliphatic rings. The van der Waals surface area contributed by atoms with Crippen LogP contribution in [0.25, 0.3) is 0 Å². The maximum atomic E-state index is 12.0. The summed E-state index contributed by atoms with van der Waals surface area (Å²) in [6.45, 7) is 2.64. The quantitative estimate of drug-likeness (QED) is 0.806. The second kappa shape index (κ2) is 7.16. The average Bonchev–Trinajstić information content (AvgIpc) is 3.10. The van der Waals surface area contributed by atoms with Gasteiger partial charge in [-0.25, -0.2) is 4.68 Å². The van der Waals surface area contributed by atoms with Gasteiger partial charge in [-0.05, 0) is 24.3 Å². The van der Waals surface area contributed by atoms with Crippen LogP contribution in [-0.4, -0.2) is 38.7 Å². The molecular weight excluding hydrogens is 276 g/mol. The van der Waals surface area contributed by atoms with Crippen LogP contribution in [0, 0.1) is 0 Å². The third-order valence-corrected chi connectivity index (χ3v) is 3.84. The van der Waals surface area contributed by atoms with Crippen molar-refractivity contribution in [2.45, 2.75) is 32.4 Å². The number of hydrogen-bond donors (Lipinski definition) is 2. The molecule has 2 heterocycles. The predicted octanol–water partition coefficient (Wildman–Crippen LogP) is 1.28. The van der Waals surface area contributed by atoms with Gasteiger partial charge in [0.05, 0.1) is 12.7 Å². The van der Waals surface area contributed by atoms with Gasteiger partial charge < -0.3 is 10.4 Å². The van der Waals surface area contributed by atoms with Crippen molar-refractivity contribution in [1.29, 1.82) is 0 Å². The van der Waals surface area contributed by atoms with Gasteiger partial charge in [0.25, 0.3) is 5.91 Å². The fourth-order valence-corrected chi connectivity index (χ4v) is 2.53. The smallest absolute Gasteiger partial charge is 0.273 e. The maximum Gasteiger partial charge on any atom is 0.273 e. The molecule has 7 heteroatoms. The summed E-state index contributed by atoms with van der Waals surface area (Å²) in [6.07, 6.45) is 2.96. The second-order valence-electron chi connectivity index (χ2n) is 4.47. The largest absolute Gasteiger partial charge is 0.396 e. The SMILES string of the molecule is CCC(CCO)NC(=O)c1cn(Cc2cccs2)nn1. The average molecular weight is 294 g/mol. The van der Waals surface area contributed by atoms with E-state index in [0.29, 0.717) is 18.7 Å². The number of amides is 1. The van der Waals surface area contributed by atoms with E-state index in [9.17, 15) is 4.79 Å². The lowest BCUT2D eigenvalue weighted by molar-refractivity contribution is 0.0924. The highest BCUT2D eigenvalue weighted by Crippen LogP contribution is 2.10. The third kappa shape index (κ3) is 3.88. The molecule has 0 aromatic carbocycles. The molecule has 1 atom stereocenters. The van der Waals surface area contributed by atoms with Crippen LogP contribution in [0.1, 0.15) is 35.1 Å². The first kappa shape index (κ1) is 14.7. The van der Waals surface area contributed by atoms with Crippen LogP contribution in [-0.2, 0) is 6.54 Å². The van der Waals surface area contributed by atoms with E-state index in [2.05, 4.69) is 15.6 Å². The molecule has 1 unspecified atom stereocenters. The highest BCUT2D eigenvalue weighted by molar-refractivity contribution is 7.09. The van der Waals surface area contributed by atoms with Crippen LogP contribution in [0.15, 0.2) is 23.7 Å². The fraction of sp³-hybridized carbons (Fsp3) is 0.462. The van der Waals surface area contributed by atoms with Crippen LogP contribution < -0.4 is 5.32 Å². The van der Waals surface area contributed by atoms with Gasteiger partial charge in [0.15, 0.2) is 5.69 Å². The van der Waals surface area contributed by atoms with Crippen molar-refractivity contribution in [1.82, 2.24) is 20.3 Å². The first-order valence-corrected chi connectivity index (χ1v) is 7.45. The number of nitrogens with zero attached hydrogens (tertiary/aromatic N) is 3. The summed E-state index contributed by atoms with van der Waals surface area (Å²) < 4.78 is 1.65. The summed E-state index contributed by atoms with van der Waals surface area (Å²) in [5.41, 5.74) is 0.304. The molecule has 0 fully saturated rings. The highest BCUT2D eigenvalue weighted by Gasteiger charge is 2.15. The minimum absolute atomic E-state index is 0.0325. The minimum atomic E-state index is -0.247. The molecule has 0 saturated heterocycles. The second-order valence-corrected chi connectivity index (χ2v) is 5.50. The van der Waals surface area contributed by atoms with Crippen molar-refractivity contribution in [3.05, 3.63) is 34.3 Å². The minimum Gasteiger partial charge on any atom is -0.396 e. The highest BCUT2D eigenvalue weighted by atomic mass is 32.1. The van der Waals surface area contributed by atoms with E-state index in [1.54, 1.807) is 22.2 Å². The van der Waals surface area contributed by atoms with Crippen molar-refractivity contribution in [2.24, 2.45) is 0 Å². The molecule has 0 spiro atoms. The van der Waals surface area contributed by atoms with Crippen LogP contribution in [0.5, 0.6) is 0 Å². The number of aliphatic hydroxyl groups excluding tert-OH is 1. The van der Waals surface area contributed by atoms with Crippen molar-refractivity contribution in [2.75, 3.05) is 6.61 Å². The van der Waals surface area contributed by atoms with Crippen LogP contribution in [0.2, 0.25) is 0 Å². The van der Waals surface area contributed by atoms with Gasteiger partial charge in [-0.1, -0.05) is 18.2 Å². The first-order chi connectivity index (χ1) is 9.72. The maximum absolute atomic E-state index is 12.0. The zero-order chi connectivity index (χ0) is 14.4. The molecular formula is C13H18N4O2S. The van der Waals surface area contributed by atoms with Gasteiger partial charge in [-0.3, -0.25) is 4.79 Å². The Bertz CT molecular complexity index is 538. The fourth-order valence-electron chi connectivity index (χ4n) is 1.84. The molecule has 0 saturated carbocycles. The predicted molar refractivity (Wildman–Crippen MR) is 76.7 cm³/mol. The van der Waals surface area contributed by atoms with Crippen LogP contribution in [0.3, 0.4) is 0 Å². The Morgan fingerprint density at radius 2 is 2.45 bits per heavy atom. The molecule has 0 radical (unpaired) electrons. The molecule has 0 bridgehead atoms. The Balaban J connectivity index is 1.95. The van der Waals surface area contributed by atoms with E-state index in [1.807, 2.05) is 24.4 Å². The molecule has 0 aliphatic heterocycles. The normalized spacial score (nSPS) is 12.3. The molecule has 2 N–H and O–H groups in total. The summed E-state index contributed by atoms with van der Waals surface area (Å²) >= 11 is 1.64. The summed E-state index contributed by atoms with van der Waals surface area (Å²) in [7, 11) is 0. The zero-order valence-corrected chi connectivity index (χ0v) is 12.1. The van der Waals surface area contributed by atoms with Crippen LogP contribution in [0.4, 0.5) is 0 Å². The first-order valence-electron chi connectivity index (χ1n) is 6.57. The van der Waals surface area contributed by atoms with Gasteiger partial charge >= 0.3 is 0 Å². The van der Waals surface area contributed by atoms with Crippen molar-refractivity contribution in [3.8, 4) is 0 Å². The Labute approximate surface area is 121 Å². The summed E-state index contributed by atoms with van der Waals surface area (Å²) in [4.78, 5) is 13.2. The Kier molecular flexibility index (Phi) is 5.25. The number of aromatic nitrogens is 3. The number of nitrogens with one attached hydrogen (secondary N) is 1. The van der Waals surface area contributed by atoms with Gasteiger partial charge in [-0.15, -0.1) is 16.4 Å². The Morgan fingerprint density at radius 1 is 1.60 bits per heavy atom. The van der Waals surface area contributed by atoms with Gasteiger partial charge in [0.2, 0.25) is 0 Å². The van der Waals surface area contributed by atoms with Crippen molar-refractivity contribution < 1.29 is 9.90 Å². The summed E-state index contributed by atoms with van der Waals surface area (Å²) in [6, 6.07) is 3.96. The van der Waals surface area contributed by atoms with Crippen molar-refractivity contribution in [3.63, 3.8) is 0 Å². The molecule has 0 aliphatic carbocycles. The zero-order valence-electron chi connectivity index (χ0n) is 11.3. The van der Waals surface area contributed by atoms with E-state index in [1.165, 1.54) is 0 Å². The van der Waals surface area contributed by atoms with E-state index < -0.39 is 0 Å². The monoisotopic (exact) mass is 294 g/mol. The summed E-state index contributed by atoms with van der Waals surface area (Å²) in [5.74, 6) is -0.247. The van der Waals surface area contributed by atoms with Gasteiger partial charge in [0, 0.05) is 17.5 Å². The van der Waals surface area contributed by atoms with E-state index >= 15 is 0 Å².